The minimum Gasteiger partial charge on any atom is -0.462 e. The van der Waals surface area contributed by atoms with Gasteiger partial charge in [-0.2, -0.15) is 5.26 Å². The van der Waals surface area contributed by atoms with Crippen molar-refractivity contribution < 1.29 is 18.7 Å². The van der Waals surface area contributed by atoms with E-state index in [1.807, 2.05) is 6.07 Å². The summed E-state index contributed by atoms with van der Waals surface area (Å²) in [6.45, 7) is 3.19. The summed E-state index contributed by atoms with van der Waals surface area (Å²) in [5.74, 6) is -0.831. The summed E-state index contributed by atoms with van der Waals surface area (Å²) in [6, 6.07) is 6.44. The summed E-state index contributed by atoms with van der Waals surface area (Å²) >= 11 is 0. The van der Waals surface area contributed by atoms with Crippen LogP contribution in [0.15, 0.2) is 18.2 Å². The van der Waals surface area contributed by atoms with E-state index in [2.05, 4.69) is 6.92 Å². The average molecular weight is 444 g/mol. The van der Waals surface area contributed by atoms with Gasteiger partial charge in [0, 0.05) is 6.61 Å². The Bertz CT molecular complexity index is 789. The summed E-state index contributed by atoms with van der Waals surface area (Å²) in [5, 5.41) is 9.07. The van der Waals surface area contributed by atoms with Crippen LogP contribution in [-0.4, -0.2) is 24.8 Å². The molecule has 0 heterocycles. The number of halogens is 1. The Morgan fingerprint density at radius 2 is 1.72 bits per heavy atom. The highest BCUT2D eigenvalue weighted by Crippen LogP contribution is 2.42. The van der Waals surface area contributed by atoms with Crippen molar-refractivity contribution in [3.8, 4) is 6.07 Å². The van der Waals surface area contributed by atoms with Crippen LogP contribution in [0.3, 0.4) is 0 Å². The van der Waals surface area contributed by atoms with Crippen molar-refractivity contribution >= 4 is 5.97 Å². The van der Waals surface area contributed by atoms with Crippen LogP contribution in [0.2, 0.25) is 0 Å². The maximum atomic E-state index is 14.4. The molecule has 4 nitrogen and oxygen atoms in total. The van der Waals surface area contributed by atoms with Gasteiger partial charge in [-0.15, -0.1) is 0 Å². The van der Waals surface area contributed by atoms with Gasteiger partial charge >= 0.3 is 5.97 Å². The molecule has 0 unspecified atom stereocenters. The van der Waals surface area contributed by atoms with Crippen LogP contribution in [-0.2, 0) is 19.7 Å². The first-order valence-electron chi connectivity index (χ1n) is 12.6. The first-order valence-corrected chi connectivity index (χ1v) is 12.6. The number of ether oxygens (including phenoxy) is 2. The Balaban J connectivity index is 1.72. The maximum Gasteiger partial charge on any atom is 0.316 e. The molecule has 2 aliphatic carbocycles. The van der Waals surface area contributed by atoms with Gasteiger partial charge in [0.1, 0.15) is 24.1 Å². The first-order chi connectivity index (χ1) is 15.6. The van der Waals surface area contributed by atoms with E-state index in [1.165, 1.54) is 37.8 Å². The topological polar surface area (TPSA) is 59.3 Å². The number of rotatable bonds is 10. The molecule has 0 spiro atoms. The lowest BCUT2D eigenvalue weighted by atomic mass is 9.69. The highest BCUT2D eigenvalue weighted by atomic mass is 19.1. The lowest BCUT2D eigenvalue weighted by molar-refractivity contribution is -0.168. The second kappa shape index (κ2) is 11.8. The third-order valence-electron chi connectivity index (χ3n) is 7.38. The van der Waals surface area contributed by atoms with E-state index < -0.39 is 11.2 Å². The van der Waals surface area contributed by atoms with E-state index >= 15 is 0 Å². The van der Waals surface area contributed by atoms with E-state index in [0.29, 0.717) is 25.0 Å². The molecule has 1 aromatic carbocycles. The first kappa shape index (κ1) is 24.7. The number of hydrogen-bond acceptors (Lipinski definition) is 4. The van der Waals surface area contributed by atoms with Gasteiger partial charge in [-0.25, -0.2) is 4.39 Å². The van der Waals surface area contributed by atoms with Gasteiger partial charge in [0.05, 0.1) is 11.0 Å². The summed E-state index contributed by atoms with van der Waals surface area (Å²) in [5.41, 5.74) is -0.571. The summed E-state index contributed by atoms with van der Waals surface area (Å²) in [6.07, 6.45) is 14.1. The van der Waals surface area contributed by atoms with Crippen molar-refractivity contribution in [1.29, 1.82) is 5.26 Å². The minimum absolute atomic E-state index is 0.00529. The predicted molar refractivity (Wildman–Crippen MR) is 123 cm³/mol. The molecule has 1 aromatic rings. The number of carbonyl (C=O) groups excluding carboxylic acids is 1. The van der Waals surface area contributed by atoms with Crippen LogP contribution in [0.25, 0.3) is 0 Å². The van der Waals surface area contributed by atoms with Crippen molar-refractivity contribution in [2.45, 2.75) is 108 Å². The molecule has 0 radical (unpaired) electrons. The molecule has 3 rings (SSSR count). The van der Waals surface area contributed by atoms with Gasteiger partial charge in [-0.3, -0.25) is 4.79 Å². The smallest absolute Gasteiger partial charge is 0.316 e. The Kier molecular flexibility index (Phi) is 9.11. The second-order valence-electron chi connectivity index (χ2n) is 9.68. The monoisotopic (exact) mass is 443 g/mol. The van der Waals surface area contributed by atoms with Crippen LogP contribution in [0.5, 0.6) is 0 Å². The molecular weight excluding hydrogens is 405 g/mol. The Labute approximate surface area is 192 Å². The zero-order valence-electron chi connectivity index (χ0n) is 19.6. The number of nitrogens with zero attached hydrogens (tertiary/aromatic N) is 1. The summed E-state index contributed by atoms with van der Waals surface area (Å²) < 4.78 is 26.8. The minimum atomic E-state index is -0.829. The number of carbonyl (C=O) groups is 1. The Hall–Kier alpha value is -1.93. The van der Waals surface area contributed by atoms with Gasteiger partial charge in [-0.1, -0.05) is 70.8 Å². The Morgan fingerprint density at radius 3 is 2.34 bits per heavy atom. The normalized spacial score (nSPS) is 19.8. The quantitative estimate of drug-likeness (QED) is 0.297. The number of nitriles is 1. The number of benzene rings is 1. The molecule has 0 atom stereocenters. The van der Waals surface area contributed by atoms with Crippen LogP contribution in [0.1, 0.15) is 108 Å². The van der Waals surface area contributed by atoms with Crippen molar-refractivity contribution in [1.82, 2.24) is 0 Å². The lowest BCUT2D eigenvalue weighted by Crippen LogP contribution is -2.45. The SMILES string of the molecule is CCCCCCOC1(COC(=O)C2(c3ccc(C#N)c(F)c3)CCCCC2)CCCCC1. The third kappa shape index (κ3) is 5.90. The highest BCUT2D eigenvalue weighted by molar-refractivity contribution is 5.83. The van der Waals surface area contributed by atoms with Crippen molar-refractivity contribution in [2.24, 2.45) is 0 Å². The molecule has 0 bridgehead atoms. The number of unbranched alkanes of at least 4 members (excludes halogenated alkanes) is 3. The summed E-state index contributed by atoms with van der Waals surface area (Å²) in [4.78, 5) is 13.5. The molecule has 2 fully saturated rings. The number of hydrogen-bond donors (Lipinski definition) is 0. The fourth-order valence-corrected chi connectivity index (χ4v) is 5.35. The molecule has 0 N–H and O–H groups in total. The van der Waals surface area contributed by atoms with Crippen LogP contribution in [0.4, 0.5) is 4.39 Å². The lowest BCUT2D eigenvalue weighted by Gasteiger charge is -2.39. The molecule has 0 aromatic heterocycles. The van der Waals surface area contributed by atoms with Gasteiger partial charge in [-0.05, 0) is 49.8 Å². The van der Waals surface area contributed by atoms with Crippen molar-refractivity contribution in [2.75, 3.05) is 13.2 Å². The standard InChI is InChI=1S/C27H38FNO3/c1-2-3-4-11-18-32-26(14-7-5-8-15-26)21-31-25(30)27(16-9-6-10-17-27)23-13-12-22(20-29)24(28)19-23/h12-13,19H,2-11,14-18,21H2,1H3. The van der Waals surface area contributed by atoms with E-state index in [-0.39, 0.29) is 23.7 Å². The van der Waals surface area contributed by atoms with Crippen molar-refractivity contribution in [3.05, 3.63) is 35.1 Å². The zero-order chi connectivity index (χ0) is 22.9. The largest absolute Gasteiger partial charge is 0.462 e. The van der Waals surface area contributed by atoms with Crippen LogP contribution < -0.4 is 0 Å². The molecule has 176 valence electrons. The number of esters is 1. The third-order valence-corrected chi connectivity index (χ3v) is 7.38. The maximum absolute atomic E-state index is 14.4. The molecule has 32 heavy (non-hydrogen) atoms. The fourth-order valence-electron chi connectivity index (χ4n) is 5.35. The summed E-state index contributed by atoms with van der Waals surface area (Å²) in [7, 11) is 0. The van der Waals surface area contributed by atoms with Crippen LogP contribution in [0, 0.1) is 17.1 Å². The predicted octanol–water partition coefficient (Wildman–Crippen LogP) is 6.74. The van der Waals surface area contributed by atoms with Gasteiger partial charge in [0.25, 0.3) is 0 Å². The van der Waals surface area contributed by atoms with E-state index in [0.717, 1.165) is 51.4 Å². The molecule has 2 aliphatic rings. The van der Waals surface area contributed by atoms with Crippen LogP contribution >= 0.6 is 0 Å². The average Bonchev–Trinajstić information content (AvgIpc) is 2.83. The van der Waals surface area contributed by atoms with E-state index in [4.69, 9.17) is 14.7 Å². The van der Waals surface area contributed by atoms with E-state index in [9.17, 15) is 9.18 Å². The molecule has 5 heteroatoms. The molecule has 0 amide bonds. The zero-order valence-corrected chi connectivity index (χ0v) is 19.6. The van der Waals surface area contributed by atoms with Gasteiger partial charge < -0.3 is 9.47 Å². The van der Waals surface area contributed by atoms with E-state index in [1.54, 1.807) is 6.07 Å². The molecule has 0 saturated heterocycles. The molecular formula is C27H38FNO3. The fraction of sp³-hybridized carbons (Fsp3) is 0.704. The molecule has 2 saturated carbocycles. The van der Waals surface area contributed by atoms with Gasteiger partial charge in [0.2, 0.25) is 0 Å². The molecule has 0 aliphatic heterocycles. The van der Waals surface area contributed by atoms with Gasteiger partial charge in [0.15, 0.2) is 0 Å². The van der Waals surface area contributed by atoms with Crippen molar-refractivity contribution in [3.63, 3.8) is 0 Å². The highest BCUT2D eigenvalue weighted by Gasteiger charge is 2.44. The second-order valence-corrected chi connectivity index (χ2v) is 9.68. The Morgan fingerprint density at radius 1 is 1.03 bits per heavy atom.